The number of aryl methyl sites for hydroxylation is 3. The molecule has 0 aliphatic rings. The fourth-order valence-electron chi connectivity index (χ4n) is 2.70. The maximum absolute atomic E-state index is 12.3. The van der Waals surface area contributed by atoms with Gasteiger partial charge in [0.2, 0.25) is 0 Å². The van der Waals surface area contributed by atoms with Gasteiger partial charge in [-0.3, -0.25) is 4.79 Å². The van der Waals surface area contributed by atoms with Crippen LogP contribution in [-0.4, -0.2) is 15.9 Å². The number of aromatic amines is 1. The highest BCUT2D eigenvalue weighted by Gasteiger charge is 2.15. The van der Waals surface area contributed by atoms with Crippen LogP contribution in [0.1, 0.15) is 32.9 Å². The Morgan fingerprint density at radius 1 is 1.26 bits per heavy atom. The minimum Gasteiger partial charge on any atom is -0.454 e. The Bertz CT molecular complexity index is 933. The summed E-state index contributed by atoms with van der Waals surface area (Å²) in [4.78, 5) is 31.2. The number of H-pyrrole nitrogens is 1. The van der Waals surface area contributed by atoms with Crippen LogP contribution in [-0.2, 0) is 11.3 Å². The van der Waals surface area contributed by atoms with Gasteiger partial charge in [0.05, 0.1) is 11.1 Å². The van der Waals surface area contributed by atoms with E-state index in [0.717, 1.165) is 16.7 Å². The molecule has 6 heteroatoms. The molecule has 2 heterocycles. The second kappa shape index (κ2) is 5.96. The molecule has 1 N–H and O–H groups in total. The first-order valence-electron chi connectivity index (χ1n) is 7.17. The average Bonchev–Trinajstić information content (AvgIpc) is 2.93. The van der Waals surface area contributed by atoms with E-state index >= 15 is 0 Å². The molecule has 0 saturated heterocycles. The van der Waals surface area contributed by atoms with Gasteiger partial charge in [0.25, 0.3) is 5.56 Å². The lowest BCUT2D eigenvalue weighted by Gasteiger charge is -2.10. The number of carbonyl (C=O) groups is 1. The molecule has 0 aliphatic carbocycles. The fourth-order valence-corrected chi connectivity index (χ4v) is 3.42. The van der Waals surface area contributed by atoms with Crippen LogP contribution in [0.15, 0.2) is 28.4 Å². The summed E-state index contributed by atoms with van der Waals surface area (Å²) in [5, 5.41) is 1.81. The zero-order chi connectivity index (χ0) is 16.6. The summed E-state index contributed by atoms with van der Waals surface area (Å²) in [6.45, 7) is 5.69. The van der Waals surface area contributed by atoms with Crippen LogP contribution in [0.25, 0.3) is 10.2 Å². The lowest BCUT2D eigenvalue weighted by Crippen LogP contribution is -2.14. The minimum atomic E-state index is -0.409. The summed E-state index contributed by atoms with van der Waals surface area (Å²) in [6, 6.07) is 5.66. The van der Waals surface area contributed by atoms with Crippen molar-refractivity contribution in [1.29, 1.82) is 0 Å². The van der Waals surface area contributed by atoms with Gasteiger partial charge in [-0.1, -0.05) is 17.7 Å². The van der Waals surface area contributed by atoms with Crippen molar-refractivity contribution in [3.05, 3.63) is 62.0 Å². The third kappa shape index (κ3) is 3.03. The SMILES string of the molecule is Cc1cc(C)c(C(=O)OCc2nc3ccsc3c(=O)[nH]2)c(C)c1. The number of nitrogens with one attached hydrogen (secondary N) is 1. The van der Waals surface area contributed by atoms with Gasteiger partial charge in [-0.25, -0.2) is 9.78 Å². The molecule has 0 aliphatic heterocycles. The van der Waals surface area contributed by atoms with Gasteiger partial charge < -0.3 is 9.72 Å². The summed E-state index contributed by atoms with van der Waals surface area (Å²) in [6.07, 6.45) is 0. The Kier molecular flexibility index (Phi) is 4.00. The van der Waals surface area contributed by atoms with Gasteiger partial charge in [0.1, 0.15) is 17.1 Å². The summed E-state index contributed by atoms with van der Waals surface area (Å²) in [5.74, 6) is -0.0651. The molecule has 0 unspecified atom stereocenters. The molecule has 0 spiro atoms. The van der Waals surface area contributed by atoms with Gasteiger partial charge in [0, 0.05) is 0 Å². The quantitative estimate of drug-likeness (QED) is 0.749. The molecule has 5 nitrogen and oxygen atoms in total. The largest absolute Gasteiger partial charge is 0.454 e. The molecule has 2 aromatic heterocycles. The lowest BCUT2D eigenvalue weighted by molar-refractivity contribution is 0.0460. The van der Waals surface area contributed by atoms with Crippen molar-refractivity contribution in [2.24, 2.45) is 0 Å². The first-order chi connectivity index (χ1) is 11.0. The molecular formula is C17H16N2O3S. The molecule has 0 bridgehead atoms. The molecule has 0 fully saturated rings. The van der Waals surface area contributed by atoms with Crippen molar-refractivity contribution >= 4 is 27.5 Å². The Labute approximate surface area is 137 Å². The molecule has 23 heavy (non-hydrogen) atoms. The van der Waals surface area contributed by atoms with E-state index in [9.17, 15) is 9.59 Å². The number of esters is 1. The third-order valence-corrected chi connectivity index (χ3v) is 4.49. The minimum absolute atomic E-state index is 0.0629. The summed E-state index contributed by atoms with van der Waals surface area (Å²) >= 11 is 1.34. The Hall–Kier alpha value is -2.47. The third-order valence-electron chi connectivity index (χ3n) is 3.59. The highest BCUT2D eigenvalue weighted by atomic mass is 32.1. The van der Waals surface area contributed by atoms with E-state index in [0.29, 0.717) is 21.6 Å². The number of nitrogens with zero attached hydrogens (tertiary/aromatic N) is 1. The second-order valence-electron chi connectivity index (χ2n) is 5.50. The first kappa shape index (κ1) is 15.4. The van der Waals surface area contributed by atoms with E-state index in [1.807, 2.05) is 38.3 Å². The highest BCUT2D eigenvalue weighted by Crippen LogP contribution is 2.18. The van der Waals surface area contributed by atoms with Gasteiger partial charge in [-0.05, 0) is 43.3 Å². The van der Waals surface area contributed by atoms with Gasteiger partial charge in [0.15, 0.2) is 0 Å². The number of hydrogen-bond donors (Lipinski definition) is 1. The van der Waals surface area contributed by atoms with E-state index in [1.165, 1.54) is 11.3 Å². The summed E-state index contributed by atoms with van der Waals surface area (Å²) in [7, 11) is 0. The maximum atomic E-state index is 12.3. The molecule has 0 atom stereocenters. The van der Waals surface area contributed by atoms with Gasteiger partial charge in [-0.2, -0.15) is 0 Å². The van der Waals surface area contributed by atoms with E-state index in [1.54, 1.807) is 6.07 Å². The predicted octanol–water partition coefficient (Wildman–Crippen LogP) is 3.27. The van der Waals surface area contributed by atoms with E-state index < -0.39 is 5.97 Å². The molecular weight excluding hydrogens is 312 g/mol. The monoisotopic (exact) mass is 328 g/mol. The predicted molar refractivity (Wildman–Crippen MR) is 90.0 cm³/mol. The molecule has 118 valence electrons. The first-order valence-corrected chi connectivity index (χ1v) is 8.05. The number of rotatable bonds is 3. The number of fused-ring (bicyclic) bond motifs is 1. The van der Waals surface area contributed by atoms with Crippen LogP contribution in [0.2, 0.25) is 0 Å². The molecule has 0 radical (unpaired) electrons. The number of thiophene rings is 1. The van der Waals surface area contributed by atoms with E-state index in [-0.39, 0.29) is 12.2 Å². The number of ether oxygens (including phenoxy) is 1. The lowest BCUT2D eigenvalue weighted by atomic mass is 10.00. The van der Waals surface area contributed by atoms with Crippen LogP contribution in [0.3, 0.4) is 0 Å². The van der Waals surface area contributed by atoms with Gasteiger partial charge in [-0.15, -0.1) is 11.3 Å². The summed E-state index contributed by atoms with van der Waals surface area (Å²) in [5.41, 5.74) is 3.83. The number of hydrogen-bond acceptors (Lipinski definition) is 5. The van der Waals surface area contributed by atoms with Crippen molar-refractivity contribution in [2.75, 3.05) is 0 Å². The van der Waals surface area contributed by atoms with E-state index in [4.69, 9.17) is 4.74 Å². The number of aromatic nitrogens is 2. The van der Waals surface area contributed by atoms with Gasteiger partial charge >= 0.3 is 5.97 Å². The summed E-state index contributed by atoms with van der Waals surface area (Å²) < 4.78 is 5.90. The normalized spacial score (nSPS) is 10.9. The van der Waals surface area contributed by atoms with Crippen LogP contribution < -0.4 is 5.56 Å². The molecule has 1 aromatic carbocycles. The van der Waals surface area contributed by atoms with Crippen LogP contribution in [0.5, 0.6) is 0 Å². The van der Waals surface area contributed by atoms with Crippen LogP contribution in [0.4, 0.5) is 0 Å². The Morgan fingerprint density at radius 3 is 2.65 bits per heavy atom. The van der Waals surface area contributed by atoms with Crippen molar-refractivity contribution in [1.82, 2.24) is 9.97 Å². The zero-order valence-corrected chi connectivity index (χ0v) is 13.9. The van der Waals surface area contributed by atoms with Crippen molar-refractivity contribution < 1.29 is 9.53 Å². The smallest absolute Gasteiger partial charge is 0.339 e. The standard InChI is InChI=1S/C17H16N2O3S/c1-9-6-10(2)14(11(3)7-9)17(21)22-8-13-18-12-4-5-23-15(12)16(20)19-13/h4-7H,8H2,1-3H3,(H,18,19,20). The zero-order valence-electron chi connectivity index (χ0n) is 13.1. The second-order valence-corrected chi connectivity index (χ2v) is 6.41. The van der Waals surface area contributed by atoms with Crippen molar-refractivity contribution in [3.63, 3.8) is 0 Å². The Balaban J connectivity index is 1.82. The van der Waals surface area contributed by atoms with E-state index in [2.05, 4.69) is 9.97 Å². The Morgan fingerprint density at radius 2 is 1.96 bits per heavy atom. The fraction of sp³-hybridized carbons (Fsp3) is 0.235. The topological polar surface area (TPSA) is 72.0 Å². The number of benzene rings is 1. The van der Waals surface area contributed by atoms with Crippen LogP contribution >= 0.6 is 11.3 Å². The van der Waals surface area contributed by atoms with Crippen molar-refractivity contribution in [3.8, 4) is 0 Å². The highest BCUT2D eigenvalue weighted by molar-refractivity contribution is 7.17. The van der Waals surface area contributed by atoms with Crippen molar-refractivity contribution in [2.45, 2.75) is 27.4 Å². The van der Waals surface area contributed by atoms with Crippen LogP contribution in [0, 0.1) is 20.8 Å². The molecule has 3 aromatic rings. The molecule has 0 saturated carbocycles. The number of carbonyl (C=O) groups excluding carboxylic acids is 1. The molecule has 3 rings (SSSR count). The maximum Gasteiger partial charge on any atom is 0.339 e. The molecule has 0 amide bonds. The average molecular weight is 328 g/mol.